The average molecular weight is 327 g/mol. The molecule has 3 rings (SSSR count). The molecule has 0 spiro atoms. The summed E-state index contributed by atoms with van der Waals surface area (Å²) < 4.78 is 0. The van der Waals surface area contributed by atoms with E-state index in [0.717, 1.165) is 11.3 Å². The second kappa shape index (κ2) is 6.87. The van der Waals surface area contributed by atoms with Crippen LogP contribution in [0.3, 0.4) is 0 Å². The van der Waals surface area contributed by atoms with E-state index < -0.39 is 0 Å². The van der Waals surface area contributed by atoms with E-state index in [1.54, 1.807) is 12.1 Å². The highest BCUT2D eigenvalue weighted by molar-refractivity contribution is 6.42. The SMILES string of the molecule is Clc1ccc([N]Cc2ccc(-c3ccccc3)cc2)cc1Cl. The first-order chi connectivity index (χ1) is 10.7. The number of hydrogen-bond acceptors (Lipinski definition) is 0. The summed E-state index contributed by atoms with van der Waals surface area (Å²) in [6.45, 7) is 0.618. The van der Waals surface area contributed by atoms with Gasteiger partial charge in [-0.2, -0.15) is 0 Å². The summed E-state index contributed by atoms with van der Waals surface area (Å²) in [4.78, 5) is 0. The van der Waals surface area contributed by atoms with Crippen LogP contribution >= 0.6 is 23.2 Å². The summed E-state index contributed by atoms with van der Waals surface area (Å²) in [6.07, 6.45) is 0. The number of benzene rings is 3. The van der Waals surface area contributed by atoms with Gasteiger partial charge in [-0.15, -0.1) is 0 Å². The lowest BCUT2D eigenvalue weighted by atomic mass is 10.0. The van der Waals surface area contributed by atoms with Crippen molar-refractivity contribution in [3.63, 3.8) is 0 Å². The van der Waals surface area contributed by atoms with E-state index >= 15 is 0 Å². The largest absolute Gasteiger partial charge is 0.281 e. The molecule has 0 bridgehead atoms. The number of hydrogen-bond donors (Lipinski definition) is 0. The van der Waals surface area contributed by atoms with Crippen LogP contribution in [0, 0.1) is 0 Å². The van der Waals surface area contributed by atoms with Crippen LogP contribution in [0.1, 0.15) is 5.56 Å². The van der Waals surface area contributed by atoms with Crippen molar-refractivity contribution >= 4 is 28.9 Å². The summed E-state index contributed by atoms with van der Waals surface area (Å²) in [5.74, 6) is 0. The van der Waals surface area contributed by atoms with Crippen LogP contribution in [0.4, 0.5) is 5.69 Å². The minimum atomic E-state index is 0.530. The van der Waals surface area contributed by atoms with Crippen LogP contribution in [-0.4, -0.2) is 0 Å². The van der Waals surface area contributed by atoms with E-state index in [0.29, 0.717) is 16.6 Å². The lowest BCUT2D eigenvalue weighted by molar-refractivity contribution is 0.864. The van der Waals surface area contributed by atoms with Gasteiger partial charge in [-0.05, 0) is 34.9 Å². The molecule has 0 aliphatic heterocycles. The number of nitrogens with zero attached hydrogens (tertiary/aromatic N) is 1. The Balaban J connectivity index is 1.67. The topological polar surface area (TPSA) is 14.1 Å². The Morgan fingerprint density at radius 1 is 0.682 bits per heavy atom. The monoisotopic (exact) mass is 326 g/mol. The summed E-state index contributed by atoms with van der Waals surface area (Å²) in [7, 11) is 0. The van der Waals surface area contributed by atoms with Crippen molar-refractivity contribution in [1.29, 1.82) is 0 Å². The molecule has 0 aliphatic rings. The Morgan fingerprint density at radius 3 is 2.05 bits per heavy atom. The predicted molar refractivity (Wildman–Crippen MR) is 93.8 cm³/mol. The third kappa shape index (κ3) is 3.62. The molecule has 3 aromatic carbocycles. The fourth-order valence-electron chi connectivity index (χ4n) is 2.20. The first-order valence-corrected chi connectivity index (χ1v) is 7.75. The highest BCUT2D eigenvalue weighted by atomic mass is 35.5. The maximum atomic E-state index is 5.99. The van der Waals surface area contributed by atoms with Gasteiger partial charge in [0, 0.05) is 0 Å². The molecule has 22 heavy (non-hydrogen) atoms. The summed E-state index contributed by atoms with van der Waals surface area (Å²) in [6, 6.07) is 24.2. The van der Waals surface area contributed by atoms with Gasteiger partial charge in [-0.25, -0.2) is 0 Å². The van der Waals surface area contributed by atoms with Gasteiger partial charge in [-0.3, -0.25) is 5.32 Å². The van der Waals surface area contributed by atoms with E-state index in [-0.39, 0.29) is 0 Å². The summed E-state index contributed by atoms with van der Waals surface area (Å²) in [5, 5.41) is 5.62. The molecule has 1 nitrogen and oxygen atoms in total. The minimum absolute atomic E-state index is 0.530. The molecular weight excluding hydrogens is 313 g/mol. The molecule has 0 N–H and O–H groups in total. The normalized spacial score (nSPS) is 10.5. The fourth-order valence-corrected chi connectivity index (χ4v) is 2.49. The molecule has 0 aromatic heterocycles. The van der Waals surface area contributed by atoms with Crippen LogP contribution in [0.2, 0.25) is 10.0 Å². The molecule has 0 heterocycles. The summed E-state index contributed by atoms with van der Waals surface area (Å²) in [5.41, 5.74) is 4.42. The van der Waals surface area contributed by atoms with Crippen molar-refractivity contribution in [2.75, 3.05) is 0 Å². The standard InChI is InChI=1S/C19H14Cl2N/c20-18-11-10-17(12-19(18)21)22-13-14-6-8-16(9-7-14)15-4-2-1-3-5-15/h1-12H,13H2. The highest BCUT2D eigenvalue weighted by Gasteiger charge is 2.02. The molecule has 0 atom stereocenters. The molecule has 0 aliphatic carbocycles. The van der Waals surface area contributed by atoms with Gasteiger partial charge >= 0.3 is 0 Å². The van der Waals surface area contributed by atoms with Crippen molar-refractivity contribution < 1.29 is 0 Å². The van der Waals surface area contributed by atoms with E-state index in [2.05, 4.69) is 41.7 Å². The maximum absolute atomic E-state index is 5.99. The quantitative estimate of drug-likeness (QED) is 0.550. The molecule has 0 amide bonds. The van der Waals surface area contributed by atoms with E-state index in [4.69, 9.17) is 23.2 Å². The third-order valence-electron chi connectivity index (χ3n) is 3.41. The molecule has 0 fully saturated rings. The molecule has 109 valence electrons. The van der Waals surface area contributed by atoms with Crippen molar-refractivity contribution in [2.24, 2.45) is 0 Å². The van der Waals surface area contributed by atoms with Crippen molar-refractivity contribution in [1.82, 2.24) is 5.32 Å². The summed E-state index contributed by atoms with van der Waals surface area (Å²) >= 11 is 11.9. The van der Waals surface area contributed by atoms with Gasteiger partial charge in [0.05, 0.1) is 22.3 Å². The van der Waals surface area contributed by atoms with Gasteiger partial charge in [0.15, 0.2) is 0 Å². The zero-order valence-corrected chi connectivity index (χ0v) is 13.4. The zero-order chi connectivity index (χ0) is 15.4. The van der Waals surface area contributed by atoms with Crippen LogP contribution in [0.25, 0.3) is 11.1 Å². The molecule has 0 saturated heterocycles. The van der Waals surface area contributed by atoms with Crippen LogP contribution < -0.4 is 5.32 Å². The second-order valence-corrected chi connectivity index (χ2v) is 5.79. The minimum Gasteiger partial charge on any atom is -0.281 e. The Labute approximate surface area is 140 Å². The highest BCUT2D eigenvalue weighted by Crippen LogP contribution is 2.25. The molecule has 1 radical (unpaired) electrons. The Morgan fingerprint density at radius 2 is 1.36 bits per heavy atom. The first-order valence-electron chi connectivity index (χ1n) is 6.99. The molecule has 0 saturated carbocycles. The van der Waals surface area contributed by atoms with Crippen molar-refractivity contribution in [3.8, 4) is 11.1 Å². The van der Waals surface area contributed by atoms with Gasteiger partial charge in [0.25, 0.3) is 0 Å². The smallest absolute Gasteiger partial charge is 0.0646 e. The van der Waals surface area contributed by atoms with E-state index in [9.17, 15) is 0 Å². The van der Waals surface area contributed by atoms with Gasteiger partial charge in [-0.1, -0.05) is 77.8 Å². The lowest BCUT2D eigenvalue weighted by Gasteiger charge is -2.06. The Kier molecular flexibility index (Phi) is 4.67. The first kappa shape index (κ1) is 15.0. The second-order valence-electron chi connectivity index (χ2n) is 4.98. The van der Waals surface area contributed by atoms with Crippen molar-refractivity contribution in [3.05, 3.63) is 88.4 Å². The molecule has 0 unspecified atom stereocenters. The molecule has 3 aromatic rings. The number of rotatable bonds is 4. The zero-order valence-electron chi connectivity index (χ0n) is 11.8. The average Bonchev–Trinajstić information content (AvgIpc) is 2.57. The fraction of sp³-hybridized carbons (Fsp3) is 0.0526. The third-order valence-corrected chi connectivity index (χ3v) is 4.15. The van der Waals surface area contributed by atoms with Crippen LogP contribution in [0.15, 0.2) is 72.8 Å². The lowest BCUT2D eigenvalue weighted by Crippen LogP contribution is -1.97. The van der Waals surface area contributed by atoms with Crippen LogP contribution in [-0.2, 0) is 6.54 Å². The molecule has 3 heteroatoms. The molecular formula is C19H14Cl2N. The van der Waals surface area contributed by atoms with E-state index in [1.165, 1.54) is 11.1 Å². The van der Waals surface area contributed by atoms with Gasteiger partial charge < -0.3 is 0 Å². The van der Waals surface area contributed by atoms with Crippen LogP contribution in [0.5, 0.6) is 0 Å². The Bertz CT molecular complexity index is 752. The van der Waals surface area contributed by atoms with E-state index in [1.807, 2.05) is 24.3 Å². The maximum Gasteiger partial charge on any atom is 0.0646 e. The van der Waals surface area contributed by atoms with Gasteiger partial charge in [0.2, 0.25) is 0 Å². The predicted octanol–water partition coefficient (Wildman–Crippen LogP) is 6.10. The Hall–Kier alpha value is -1.96. The van der Waals surface area contributed by atoms with Crippen molar-refractivity contribution in [2.45, 2.75) is 6.54 Å². The number of halogens is 2. The van der Waals surface area contributed by atoms with Gasteiger partial charge in [0.1, 0.15) is 0 Å².